The molecule has 0 saturated carbocycles. The Bertz CT molecular complexity index is 258. The zero-order valence-corrected chi connectivity index (χ0v) is 10.5. The summed E-state index contributed by atoms with van der Waals surface area (Å²) in [4.78, 5) is 24.2. The van der Waals surface area contributed by atoms with Gasteiger partial charge in [-0.2, -0.15) is 11.8 Å². The quantitative estimate of drug-likeness (QED) is 0.799. The fraction of sp³-hybridized carbons (Fsp3) is 0.818. The Hall–Kier alpha value is -0.710. The van der Waals surface area contributed by atoms with Crippen LogP contribution in [0.15, 0.2) is 0 Å². The summed E-state index contributed by atoms with van der Waals surface area (Å²) in [6.45, 7) is 0.795. The van der Waals surface area contributed by atoms with Crippen molar-refractivity contribution in [3.63, 3.8) is 0 Å². The topological polar surface area (TPSA) is 57.6 Å². The lowest BCUT2D eigenvalue weighted by Crippen LogP contribution is -2.44. The van der Waals surface area contributed by atoms with Gasteiger partial charge < -0.3 is 10.0 Å². The van der Waals surface area contributed by atoms with Crippen molar-refractivity contribution < 1.29 is 14.7 Å². The van der Waals surface area contributed by atoms with E-state index in [9.17, 15) is 9.59 Å². The third kappa shape index (κ3) is 4.04. The van der Waals surface area contributed by atoms with Crippen LogP contribution in [0, 0.1) is 0 Å². The Kier molecular flexibility index (Phi) is 5.66. The van der Waals surface area contributed by atoms with Crippen LogP contribution in [0.2, 0.25) is 0 Å². The van der Waals surface area contributed by atoms with Gasteiger partial charge in [-0.15, -0.1) is 0 Å². The number of nitrogens with zero attached hydrogens (tertiary/aromatic N) is 1. The van der Waals surface area contributed by atoms with E-state index in [4.69, 9.17) is 5.11 Å². The number of likely N-dealkylation sites (tertiary alicyclic amines) is 1. The Balaban J connectivity index is 2.49. The van der Waals surface area contributed by atoms with Crippen LogP contribution in [-0.4, -0.2) is 46.5 Å². The number of carboxylic acids is 1. The minimum Gasteiger partial charge on any atom is -0.481 e. The standard InChI is InChI=1S/C11H19NO3S/c1-16-8-10(13)12-7-3-2-4-9(12)5-6-11(14)15/h9H,2-8H2,1H3,(H,14,15). The van der Waals surface area contributed by atoms with E-state index in [2.05, 4.69) is 0 Å². The molecule has 1 aliphatic rings. The second-order valence-electron chi connectivity index (χ2n) is 4.10. The lowest BCUT2D eigenvalue weighted by molar-refractivity contribution is -0.139. The number of aliphatic carboxylic acids is 1. The van der Waals surface area contributed by atoms with Gasteiger partial charge in [-0.05, 0) is 31.9 Å². The number of carbonyl (C=O) groups is 2. The summed E-state index contributed by atoms with van der Waals surface area (Å²) in [5.74, 6) is -0.116. The van der Waals surface area contributed by atoms with E-state index in [1.807, 2.05) is 11.2 Å². The fourth-order valence-electron chi connectivity index (χ4n) is 2.13. The molecule has 16 heavy (non-hydrogen) atoms. The average molecular weight is 245 g/mol. The highest BCUT2D eigenvalue weighted by molar-refractivity contribution is 7.99. The molecule has 0 aromatic carbocycles. The first-order chi connectivity index (χ1) is 7.65. The van der Waals surface area contributed by atoms with Crippen molar-refractivity contribution in [1.82, 2.24) is 4.90 Å². The predicted octanol–water partition coefficient (Wildman–Crippen LogP) is 1.60. The maximum atomic E-state index is 11.8. The zero-order valence-electron chi connectivity index (χ0n) is 9.65. The number of rotatable bonds is 5. The molecule has 0 aromatic heterocycles. The van der Waals surface area contributed by atoms with Crippen molar-refractivity contribution in [3.05, 3.63) is 0 Å². The Labute approximate surface area is 100 Å². The van der Waals surface area contributed by atoms with E-state index in [0.29, 0.717) is 12.2 Å². The minimum atomic E-state index is -0.775. The third-order valence-corrected chi connectivity index (χ3v) is 3.44. The van der Waals surface area contributed by atoms with E-state index in [0.717, 1.165) is 25.8 Å². The molecular weight excluding hydrogens is 226 g/mol. The van der Waals surface area contributed by atoms with Crippen molar-refractivity contribution in [1.29, 1.82) is 0 Å². The molecule has 0 spiro atoms. The van der Waals surface area contributed by atoms with Gasteiger partial charge in [0.25, 0.3) is 0 Å². The molecule has 1 aliphatic heterocycles. The number of carbonyl (C=O) groups excluding carboxylic acids is 1. The number of amides is 1. The van der Waals surface area contributed by atoms with Crippen molar-refractivity contribution in [3.8, 4) is 0 Å². The van der Waals surface area contributed by atoms with Gasteiger partial charge in [-0.3, -0.25) is 9.59 Å². The Morgan fingerprint density at radius 1 is 1.44 bits per heavy atom. The van der Waals surface area contributed by atoms with E-state index in [-0.39, 0.29) is 18.4 Å². The summed E-state index contributed by atoms with van der Waals surface area (Å²) < 4.78 is 0. The summed E-state index contributed by atoms with van der Waals surface area (Å²) in [6.07, 6.45) is 5.77. The first kappa shape index (κ1) is 13.4. The molecule has 1 atom stereocenters. The molecular formula is C11H19NO3S. The molecule has 0 aromatic rings. The highest BCUT2D eigenvalue weighted by Gasteiger charge is 2.26. The summed E-state index contributed by atoms with van der Waals surface area (Å²) in [7, 11) is 0. The molecule has 0 aliphatic carbocycles. The predicted molar refractivity (Wildman–Crippen MR) is 64.6 cm³/mol. The number of carboxylic acid groups (broad SMARTS) is 1. The first-order valence-corrected chi connectivity index (χ1v) is 7.04. The molecule has 92 valence electrons. The molecule has 1 heterocycles. The minimum absolute atomic E-state index is 0.143. The third-order valence-electron chi connectivity index (χ3n) is 2.91. The first-order valence-electron chi connectivity index (χ1n) is 5.65. The molecule has 1 amide bonds. The van der Waals surface area contributed by atoms with Crippen molar-refractivity contribution in [2.24, 2.45) is 0 Å². The fourth-order valence-corrected chi connectivity index (χ4v) is 2.54. The molecule has 1 fully saturated rings. The van der Waals surface area contributed by atoms with E-state index < -0.39 is 5.97 Å². The Morgan fingerprint density at radius 2 is 2.19 bits per heavy atom. The van der Waals surface area contributed by atoms with Gasteiger partial charge in [0.1, 0.15) is 0 Å². The van der Waals surface area contributed by atoms with Gasteiger partial charge in [0.15, 0.2) is 0 Å². The van der Waals surface area contributed by atoms with E-state index in [1.165, 1.54) is 11.8 Å². The van der Waals surface area contributed by atoms with Crippen LogP contribution in [-0.2, 0) is 9.59 Å². The van der Waals surface area contributed by atoms with Gasteiger partial charge >= 0.3 is 5.97 Å². The molecule has 5 heteroatoms. The van der Waals surface area contributed by atoms with Gasteiger partial charge in [-0.1, -0.05) is 0 Å². The molecule has 1 rings (SSSR count). The van der Waals surface area contributed by atoms with E-state index >= 15 is 0 Å². The summed E-state index contributed by atoms with van der Waals surface area (Å²) in [5, 5.41) is 8.66. The SMILES string of the molecule is CSCC(=O)N1CCCCC1CCC(=O)O. The molecule has 1 N–H and O–H groups in total. The van der Waals surface area contributed by atoms with Crippen molar-refractivity contribution in [2.45, 2.75) is 38.1 Å². The van der Waals surface area contributed by atoms with Gasteiger partial charge in [0, 0.05) is 19.0 Å². The zero-order chi connectivity index (χ0) is 12.0. The Morgan fingerprint density at radius 3 is 2.81 bits per heavy atom. The average Bonchev–Trinajstić information content (AvgIpc) is 2.27. The van der Waals surface area contributed by atoms with Crippen molar-refractivity contribution in [2.75, 3.05) is 18.6 Å². The summed E-state index contributed by atoms with van der Waals surface area (Å²) in [6, 6.07) is 0.143. The van der Waals surface area contributed by atoms with Crippen LogP contribution in [0.1, 0.15) is 32.1 Å². The van der Waals surface area contributed by atoms with Gasteiger partial charge in [0.05, 0.1) is 5.75 Å². The number of thioether (sulfide) groups is 1. The normalized spacial score (nSPS) is 20.8. The molecule has 0 radical (unpaired) electrons. The number of hydrogen-bond acceptors (Lipinski definition) is 3. The van der Waals surface area contributed by atoms with E-state index in [1.54, 1.807) is 0 Å². The van der Waals surface area contributed by atoms with Crippen LogP contribution in [0.3, 0.4) is 0 Å². The maximum absolute atomic E-state index is 11.8. The molecule has 0 bridgehead atoms. The second-order valence-corrected chi connectivity index (χ2v) is 4.97. The summed E-state index contributed by atoms with van der Waals surface area (Å²) in [5.41, 5.74) is 0. The summed E-state index contributed by atoms with van der Waals surface area (Å²) >= 11 is 1.52. The van der Waals surface area contributed by atoms with Crippen LogP contribution in [0.4, 0.5) is 0 Å². The van der Waals surface area contributed by atoms with Gasteiger partial charge in [-0.25, -0.2) is 0 Å². The monoisotopic (exact) mass is 245 g/mol. The smallest absolute Gasteiger partial charge is 0.303 e. The molecule has 4 nitrogen and oxygen atoms in total. The molecule has 1 saturated heterocycles. The number of hydrogen-bond donors (Lipinski definition) is 1. The van der Waals surface area contributed by atoms with Crippen molar-refractivity contribution >= 4 is 23.6 Å². The molecule has 1 unspecified atom stereocenters. The maximum Gasteiger partial charge on any atom is 0.303 e. The van der Waals surface area contributed by atoms with Crippen LogP contribution in [0.5, 0.6) is 0 Å². The lowest BCUT2D eigenvalue weighted by atomic mass is 9.98. The van der Waals surface area contributed by atoms with Gasteiger partial charge in [0.2, 0.25) is 5.91 Å². The number of piperidine rings is 1. The highest BCUT2D eigenvalue weighted by atomic mass is 32.2. The lowest BCUT2D eigenvalue weighted by Gasteiger charge is -2.35. The van der Waals surface area contributed by atoms with Crippen LogP contribution < -0.4 is 0 Å². The highest BCUT2D eigenvalue weighted by Crippen LogP contribution is 2.21. The van der Waals surface area contributed by atoms with Crippen LogP contribution in [0.25, 0.3) is 0 Å². The largest absolute Gasteiger partial charge is 0.481 e. The van der Waals surface area contributed by atoms with Crippen LogP contribution >= 0.6 is 11.8 Å². The second kappa shape index (κ2) is 6.78.